The van der Waals surface area contributed by atoms with Crippen molar-refractivity contribution < 1.29 is 4.74 Å². The van der Waals surface area contributed by atoms with Gasteiger partial charge in [-0.3, -0.25) is 10.1 Å². The molecule has 0 fully saturated rings. The molecule has 8 nitrogen and oxygen atoms in total. The zero-order valence-electron chi connectivity index (χ0n) is 14.9. The van der Waals surface area contributed by atoms with Gasteiger partial charge in [-0.25, -0.2) is 9.98 Å². The molecule has 0 spiro atoms. The van der Waals surface area contributed by atoms with Gasteiger partial charge in [0.05, 0.1) is 7.11 Å². The normalized spacial score (nSPS) is 10.9. The molecule has 0 saturated heterocycles. The van der Waals surface area contributed by atoms with E-state index in [4.69, 9.17) is 10.5 Å². The number of H-pyrrole nitrogens is 1. The number of aromatic nitrogens is 4. The summed E-state index contributed by atoms with van der Waals surface area (Å²) in [4.78, 5) is 13.0. The molecule has 4 N–H and O–H groups in total. The lowest BCUT2D eigenvalue weighted by Crippen LogP contribution is -2.33. The van der Waals surface area contributed by atoms with Crippen molar-refractivity contribution in [3.8, 4) is 17.1 Å². The minimum Gasteiger partial charge on any atom is -0.497 e. The van der Waals surface area contributed by atoms with Crippen LogP contribution < -0.4 is 15.8 Å². The van der Waals surface area contributed by atoms with Gasteiger partial charge in [0.2, 0.25) is 0 Å². The smallest absolute Gasteiger partial charge is 0.189 e. The molecule has 0 aliphatic rings. The molecule has 0 aliphatic heterocycles. The van der Waals surface area contributed by atoms with Crippen molar-refractivity contribution in [2.45, 2.75) is 13.0 Å². The highest BCUT2D eigenvalue weighted by Crippen LogP contribution is 2.18. The fourth-order valence-corrected chi connectivity index (χ4v) is 2.32. The van der Waals surface area contributed by atoms with Crippen molar-refractivity contribution in [1.82, 2.24) is 25.5 Å². The molecule has 3 aromatic rings. The molecule has 0 saturated carbocycles. The number of aromatic amines is 1. The number of pyridine rings is 1. The van der Waals surface area contributed by atoms with Gasteiger partial charge in [-0.15, -0.1) is 24.0 Å². The molecule has 9 heteroatoms. The molecule has 0 atom stereocenters. The van der Waals surface area contributed by atoms with Gasteiger partial charge in [0.1, 0.15) is 18.1 Å². The second-order valence-corrected chi connectivity index (χ2v) is 5.53. The average Bonchev–Trinajstić information content (AvgIpc) is 3.16. The highest BCUT2D eigenvalue weighted by molar-refractivity contribution is 14.0. The number of nitrogens with zero attached hydrogens (tertiary/aromatic N) is 4. The van der Waals surface area contributed by atoms with Crippen LogP contribution >= 0.6 is 24.0 Å². The summed E-state index contributed by atoms with van der Waals surface area (Å²) >= 11 is 0. The number of aliphatic imine (C=N–C) groups is 1. The largest absolute Gasteiger partial charge is 0.497 e. The molecule has 0 aliphatic carbocycles. The van der Waals surface area contributed by atoms with Gasteiger partial charge in [-0.05, 0) is 36.4 Å². The van der Waals surface area contributed by atoms with Crippen LogP contribution in [0.1, 0.15) is 11.5 Å². The Hall–Kier alpha value is -2.69. The number of methoxy groups -OCH3 is 1. The number of halogens is 1. The van der Waals surface area contributed by atoms with Gasteiger partial charge in [0, 0.05) is 30.4 Å². The topological polar surface area (TPSA) is 114 Å². The second kappa shape index (κ2) is 10.5. The van der Waals surface area contributed by atoms with E-state index in [1.807, 2.05) is 42.5 Å². The van der Waals surface area contributed by atoms with Crippen molar-refractivity contribution in [2.24, 2.45) is 10.7 Å². The molecule has 0 unspecified atom stereocenters. The van der Waals surface area contributed by atoms with E-state index in [1.54, 1.807) is 13.3 Å². The summed E-state index contributed by atoms with van der Waals surface area (Å²) in [5, 5.41) is 10.1. The quantitative estimate of drug-likeness (QED) is 0.272. The van der Waals surface area contributed by atoms with Crippen LogP contribution in [-0.4, -0.2) is 39.8 Å². The number of guanidine groups is 1. The average molecular weight is 479 g/mol. The van der Waals surface area contributed by atoms with Crippen LogP contribution in [0.25, 0.3) is 11.4 Å². The summed E-state index contributed by atoms with van der Waals surface area (Å²) in [7, 11) is 1.63. The van der Waals surface area contributed by atoms with Crippen molar-refractivity contribution in [3.05, 3.63) is 60.2 Å². The monoisotopic (exact) mass is 479 g/mol. The zero-order valence-corrected chi connectivity index (χ0v) is 17.3. The van der Waals surface area contributed by atoms with Crippen molar-refractivity contribution >= 4 is 29.9 Å². The lowest BCUT2D eigenvalue weighted by atomic mass is 10.2. The van der Waals surface area contributed by atoms with Crippen molar-refractivity contribution in [1.29, 1.82) is 0 Å². The van der Waals surface area contributed by atoms with Crippen LogP contribution in [0.2, 0.25) is 0 Å². The zero-order chi connectivity index (χ0) is 18.2. The molecular weight excluding hydrogens is 457 g/mol. The van der Waals surface area contributed by atoms with Gasteiger partial charge in [-0.2, -0.15) is 5.10 Å². The van der Waals surface area contributed by atoms with Crippen LogP contribution in [0.4, 0.5) is 0 Å². The van der Waals surface area contributed by atoms with Gasteiger partial charge in [0.25, 0.3) is 0 Å². The van der Waals surface area contributed by atoms with E-state index in [1.165, 1.54) is 0 Å². The molecule has 27 heavy (non-hydrogen) atoms. The number of benzene rings is 1. The van der Waals surface area contributed by atoms with Gasteiger partial charge >= 0.3 is 0 Å². The van der Waals surface area contributed by atoms with Crippen LogP contribution in [0.3, 0.4) is 0 Å². The molecule has 142 valence electrons. The highest BCUT2D eigenvalue weighted by Gasteiger charge is 2.06. The van der Waals surface area contributed by atoms with E-state index in [-0.39, 0.29) is 24.0 Å². The SMILES string of the molecule is COc1ccc(-c2n[nH]c(CN=C(N)NCCc3ccccn3)n2)cc1.I. The van der Waals surface area contributed by atoms with E-state index >= 15 is 0 Å². The Bertz CT molecular complexity index is 850. The van der Waals surface area contributed by atoms with E-state index in [2.05, 4.69) is 30.5 Å². The Balaban J connectivity index is 0.00000261. The summed E-state index contributed by atoms with van der Waals surface area (Å²) in [5.41, 5.74) is 7.79. The maximum atomic E-state index is 5.88. The fraction of sp³-hybridized carbons (Fsp3) is 0.222. The summed E-state index contributed by atoms with van der Waals surface area (Å²) in [6, 6.07) is 13.4. The third-order valence-corrected chi connectivity index (χ3v) is 3.69. The Morgan fingerprint density at radius 2 is 2.04 bits per heavy atom. The predicted molar refractivity (Wildman–Crippen MR) is 115 cm³/mol. The second-order valence-electron chi connectivity index (χ2n) is 5.53. The molecule has 2 aromatic heterocycles. The maximum Gasteiger partial charge on any atom is 0.189 e. The minimum absolute atomic E-state index is 0. The number of ether oxygens (including phenoxy) is 1. The number of hydrogen-bond acceptors (Lipinski definition) is 5. The van der Waals surface area contributed by atoms with Crippen LogP contribution in [-0.2, 0) is 13.0 Å². The molecule has 2 heterocycles. The summed E-state index contributed by atoms with van der Waals surface area (Å²) < 4.78 is 5.14. The Morgan fingerprint density at radius 1 is 1.22 bits per heavy atom. The van der Waals surface area contributed by atoms with Gasteiger partial charge in [0.15, 0.2) is 11.8 Å². The lowest BCUT2D eigenvalue weighted by Gasteiger charge is -2.04. The number of nitrogens with one attached hydrogen (secondary N) is 2. The fourth-order valence-electron chi connectivity index (χ4n) is 2.32. The van der Waals surface area contributed by atoms with Crippen LogP contribution in [0, 0.1) is 0 Å². The first-order chi connectivity index (χ1) is 12.7. The van der Waals surface area contributed by atoms with E-state index in [9.17, 15) is 0 Å². The number of hydrogen-bond donors (Lipinski definition) is 3. The Labute approximate surface area is 174 Å². The first kappa shape index (κ1) is 20.6. The summed E-state index contributed by atoms with van der Waals surface area (Å²) in [6.07, 6.45) is 2.55. The van der Waals surface area contributed by atoms with Gasteiger partial charge in [-0.1, -0.05) is 6.07 Å². The lowest BCUT2D eigenvalue weighted by molar-refractivity contribution is 0.415. The van der Waals surface area contributed by atoms with Crippen LogP contribution in [0.15, 0.2) is 53.7 Å². The predicted octanol–water partition coefficient (Wildman–Crippen LogP) is 2.14. The van der Waals surface area contributed by atoms with E-state index in [0.29, 0.717) is 30.7 Å². The molecule has 0 bridgehead atoms. The minimum atomic E-state index is 0. The molecular formula is C18H22IN7O. The molecule has 1 aromatic carbocycles. The molecule has 0 radical (unpaired) electrons. The third kappa shape index (κ3) is 6.20. The molecule has 3 rings (SSSR count). The van der Waals surface area contributed by atoms with E-state index in [0.717, 1.165) is 23.4 Å². The number of rotatable bonds is 7. The standard InChI is InChI=1S/C18H21N7O.HI/c1-26-15-7-5-13(6-8-15)17-23-16(24-25-17)12-22-18(19)21-11-9-14-4-2-3-10-20-14;/h2-8,10H,9,11-12H2,1H3,(H3,19,21,22)(H,23,24,25);1H. The first-order valence-electron chi connectivity index (χ1n) is 8.24. The molecule has 0 amide bonds. The Morgan fingerprint density at radius 3 is 2.74 bits per heavy atom. The maximum absolute atomic E-state index is 5.88. The van der Waals surface area contributed by atoms with Crippen LogP contribution in [0.5, 0.6) is 5.75 Å². The third-order valence-electron chi connectivity index (χ3n) is 3.69. The summed E-state index contributed by atoms with van der Waals surface area (Å²) in [6.45, 7) is 0.991. The van der Waals surface area contributed by atoms with Gasteiger partial charge < -0.3 is 15.8 Å². The Kier molecular flexibility index (Phi) is 7.99. The highest BCUT2D eigenvalue weighted by atomic mass is 127. The summed E-state index contributed by atoms with van der Waals surface area (Å²) in [5.74, 6) is 2.41. The van der Waals surface area contributed by atoms with Crippen molar-refractivity contribution in [3.63, 3.8) is 0 Å². The first-order valence-corrected chi connectivity index (χ1v) is 8.24. The number of nitrogens with two attached hydrogens (primary N) is 1. The van der Waals surface area contributed by atoms with E-state index < -0.39 is 0 Å². The van der Waals surface area contributed by atoms with Crippen molar-refractivity contribution in [2.75, 3.05) is 13.7 Å².